The van der Waals surface area contributed by atoms with Crippen LogP contribution in [0.15, 0.2) is 36.4 Å². The van der Waals surface area contributed by atoms with E-state index in [-0.39, 0.29) is 11.3 Å². The summed E-state index contributed by atoms with van der Waals surface area (Å²) in [7, 11) is 1.23. The summed E-state index contributed by atoms with van der Waals surface area (Å²) in [6, 6.07) is 5.63. The van der Waals surface area contributed by atoms with E-state index in [4.69, 9.17) is 9.47 Å². The first-order valence-corrected chi connectivity index (χ1v) is 6.81. The van der Waals surface area contributed by atoms with Gasteiger partial charge < -0.3 is 9.47 Å². The lowest BCUT2D eigenvalue weighted by molar-refractivity contribution is -0.385. The molecular weight excluding hydrogens is 340 g/mol. The van der Waals surface area contributed by atoms with E-state index in [0.717, 1.165) is 18.2 Å². The van der Waals surface area contributed by atoms with Crippen molar-refractivity contribution in [2.75, 3.05) is 13.7 Å². The zero-order chi connectivity index (χ0) is 18.6. The minimum atomic E-state index is -1.03. The summed E-state index contributed by atoms with van der Waals surface area (Å²) in [5.41, 5.74) is -1.21. The number of rotatable bonds is 6. The molecule has 0 atom stereocenters. The van der Waals surface area contributed by atoms with Gasteiger partial charge in [-0.1, -0.05) is 0 Å². The van der Waals surface area contributed by atoms with Crippen LogP contribution in [-0.2, 0) is 4.74 Å². The maximum absolute atomic E-state index is 13.5. The number of ether oxygens (including phenoxy) is 2. The molecule has 0 unspecified atom stereocenters. The van der Waals surface area contributed by atoms with Gasteiger partial charge in [-0.3, -0.25) is 14.9 Å². The number of halogens is 2. The zero-order valence-corrected chi connectivity index (χ0v) is 12.8. The van der Waals surface area contributed by atoms with Crippen molar-refractivity contribution in [3.05, 3.63) is 69.3 Å². The van der Waals surface area contributed by atoms with Crippen LogP contribution in [-0.4, -0.2) is 30.4 Å². The molecule has 0 spiro atoms. The summed E-state index contributed by atoms with van der Waals surface area (Å²) in [6.07, 6.45) is 0. The first-order chi connectivity index (χ1) is 11.8. The number of methoxy groups -OCH3 is 1. The average Bonchev–Trinajstić information content (AvgIpc) is 2.60. The van der Waals surface area contributed by atoms with Crippen molar-refractivity contribution in [2.45, 2.75) is 0 Å². The van der Waals surface area contributed by atoms with Gasteiger partial charge >= 0.3 is 11.7 Å². The number of nitro benzene ring substituents is 1. The molecule has 0 N–H and O–H groups in total. The molecule has 0 amide bonds. The van der Waals surface area contributed by atoms with E-state index in [0.29, 0.717) is 6.07 Å². The van der Waals surface area contributed by atoms with Gasteiger partial charge in [-0.2, -0.15) is 0 Å². The molecule has 0 heterocycles. The average molecular weight is 351 g/mol. The summed E-state index contributed by atoms with van der Waals surface area (Å²) >= 11 is 0. The first-order valence-electron chi connectivity index (χ1n) is 6.81. The van der Waals surface area contributed by atoms with Crippen LogP contribution in [0.25, 0.3) is 0 Å². The third-order valence-corrected chi connectivity index (χ3v) is 3.17. The zero-order valence-electron chi connectivity index (χ0n) is 12.8. The predicted molar refractivity (Wildman–Crippen MR) is 80.6 cm³/mol. The van der Waals surface area contributed by atoms with Crippen LogP contribution in [0.3, 0.4) is 0 Å². The van der Waals surface area contributed by atoms with Gasteiger partial charge in [0.05, 0.1) is 23.2 Å². The Kier molecular flexibility index (Phi) is 5.38. The maximum atomic E-state index is 13.5. The van der Waals surface area contributed by atoms with Gasteiger partial charge in [-0.15, -0.1) is 0 Å². The second-order valence-corrected chi connectivity index (χ2v) is 4.77. The Morgan fingerprint density at radius 1 is 1.16 bits per heavy atom. The summed E-state index contributed by atoms with van der Waals surface area (Å²) < 4.78 is 36.0. The molecule has 0 saturated heterocycles. The molecule has 0 aliphatic carbocycles. The quantitative estimate of drug-likeness (QED) is 0.344. The van der Waals surface area contributed by atoms with Crippen molar-refractivity contribution < 1.29 is 32.8 Å². The molecule has 2 rings (SSSR count). The van der Waals surface area contributed by atoms with Gasteiger partial charge in [0.1, 0.15) is 11.6 Å². The van der Waals surface area contributed by atoms with Crippen LogP contribution in [0, 0.1) is 21.7 Å². The standard InChI is InChI=1S/C16H11F2NO6/c1-24-15-5-2-9(6-13(15)19(22)23)16(21)25-8-14(20)11-7-10(17)3-4-12(11)18/h2-7H,8H2,1H3. The summed E-state index contributed by atoms with van der Waals surface area (Å²) in [5, 5.41) is 10.9. The van der Waals surface area contributed by atoms with E-state index in [1.54, 1.807) is 0 Å². The number of nitrogens with zero attached hydrogens (tertiary/aromatic N) is 1. The number of nitro groups is 1. The Hall–Kier alpha value is -3.36. The van der Waals surface area contributed by atoms with Crippen LogP contribution in [0.2, 0.25) is 0 Å². The Labute approximate surface area is 139 Å². The first kappa shape index (κ1) is 18.0. The number of carbonyl (C=O) groups is 2. The molecule has 0 aliphatic rings. The fraction of sp³-hybridized carbons (Fsp3) is 0.125. The third-order valence-electron chi connectivity index (χ3n) is 3.17. The molecule has 0 aliphatic heterocycles. The highest BCUT2D eigenvalue weighted by Crippen LogP contribution is 2.27. The van der Waals surface area contributed by atoms with E-state index in [1.807, 2.05) is 0 Å². The van der Waals surface area contributed by atoms with E-state index < -0.39 is 46.2 Å². The number of Topliss-reactive ketones (excluding diaryl/α,β-unsaturated/α-hetero) is 1. The highest BCUT2D eigenvalue weighted by atomic mass is 19.1. The molecule has 0 bridgehead atoms. The molecular formula is C16H11F2NO6. The minimum Gasteiger partial charge on any atom is -0.490 e. The van der Waals surface area contributed by atoms with E-state index in [9.17, 15) is 28.5 Å². The van der Waals surface area contributed by atoms with Gasteiger partial charge in [-0.05, 0) is 30.3 Å². The van der Waals surface area contributed by atoms with Crippen LogP contribution in [0.5, 0.6) is 5.75 Å². The van der Waals surface area contributed by atoms with Gasteiger partial charge in [0.15, 0.2) is 12.4 Å². The lowest BCUT2D eigenvalue weighted by Gasteiger charge is -2.07. The highest BCUT2D eigenvalue weighted by molar-refractivity contribution is 5.99. The molecule has 0 radical (unpaired) electrons. The smallest absolute Gasteiger partial charge is 0.338 e. The summed E-state index contributed by atoms with van der Waals surface area (Å²) in [6.45, 7) is -0.848. The van der Waals surface area contributed by atoms with Gasteiger partial charge in [0.25, 0.3) is 0 Å². The van der Waals surface area contributed by atoms with E-state index in [2.05, 4.69) is 0 Å². The van der Waals surface area contributed by atoms with E-state index >= 15 is 0 Å². The SMILES string of the molecule is COc1ccc(C(=O)OCC(=O)c2cc(F)ccc2F)cc1[N+](=O)[O-]. The Balaban J connectivity index is 2.12. The largest absolute Gasteiger partial charge is 0.490 e. The second-order valence-electron chi connectivity index (χ2n) is 4.77. The van der Waals surface area contributed by atoms with Crippen molar-refractivity contribution in [1.29, 1.82) is 0 Å². The van der Waals surface area contributed by atoms with Gasteiger partial charge in [0, 0.05) is 6.07 Å². The normalized spacial score (nSPS) is 10.2. The van der Waals surface area contributed by atoms with Crippen LogP contribution in [0.4, 0.5) is 14.5 Å². The Morgan fingerprint density at radius 2 is 1.88 bits per heavy atom. The molecule has 0 aromatic heterocycles. The number of carbonyl (C=O) groups excluding carboxylic acids is 2. The summed E-state index contributed by atoms with van der Waals surface area (Å²) in [4.78, 5) is 33.9. The second kappa shape index (κ2) is 7.47. The fourth-order valence-corrected chi connectivity index (χ4v) is 1.96. The molecule has 2 aromatic rings. The minimum absolute atomic E-state index is 0.0561. The monoisotopic (exact) mass is 351 g/mol. The highest BCUT2D eigenvalue weighted by Gasteiger charge is 2.20. The molecule has 130 valence electrons. The lowest BCUT2D eigenvalue weighted by Crippen LogP contribution is -2.16. The predicted octanol–water partition coefficient (Wildman–Crippen LogP) is 2.92. The number of hydrogen-bond acceptors (Lipinski definition) is 6. The fourth-order valence-electron chi connectivity index (χ4n) is 1.96. The topological polar surface area (TPSA) is 95.7 Å². The number of benzene rings is 2. The lowest BCUT2D eigenvalue weighted by atomic mass is 10.1. The molecule has 2 aromatic carbocycles. The number of esters is 1. The van der Waals surface area contributed by atoms with Crippen molar-refractivity contribution in [2.24, 2.45) is 0 Å². The van der Waals surface area contributed by atoms with Crippen molar-refractivity contribution in [1.82, 2.24) is 0 Å². The van der Waals surface area contributed by atoms with Crippen LogP contribution < -0.4 is 4.74 Å². The molecule has 25 heavy (non-hydrogen) atoms. The van der Waals surface area contributed by atoms with Crippen molar-refractivity contribution in [3.63, 3.8) is 0 Å². The number of ketones is 1. The summed E-state index contributed by atoms with van der Waals surface area (Å²) in [5.74, 6) is -3.81. The van der Waals surface area contributed by atoms with Crippen molar-refractivity contribution in [3.8, 4) is 5.75 Å². The van der Waals surface area contributed by atoms with Gasteiger partial charge in [-0.25, -0.2) is 13.6 Å². The molecule has 7 nitrogen and oxygen atoms in total. The maximum Gasteiger partial charge on any atom is 0.338 e. The Bertz CT molecular complexity index is 853. The molecule has 0 fully saturated rings. The molecule has 0 saturated carbocycles. The van der Waals surface area contributed by atoms with E-state index in [1.165, 1.54) is 19.2 Å². The van der Waals surface area contributed by atoms with Crippen LogP contribution in [0.1, 0.15) is 20.7 Å². The van der Waals surface area contributed by atoms with Crippen LogP contribution >= 0.6 is 0 Å². The number of hydrogen-bond donors (Lipinski definition) is 0. The molecule has 9 heteroatoms. The third kappa shape index (κ3) is 4.14. The Morgan fingerprint density at radius 3 is 2.52 bits per heavy atom. The van der Waals surface area contributed by atoms with Gasteiger partial charge in [0.2, 0.25) is 5.78 Å². The van der Waals surface area contributed by atoms with Crippen molar-refractivity contribution >= 4 is 17.4 Å².